The molecule has 0 saturated heterocycles. The largest absolute Gasteiger partial charge is 0.348 e. The summed E-state index contributed by atoms with van der Waals surface area (Å²) in [4.78, 5) is 20.9. The van der Waals surface area contributed by atoms with Crippen molar-refractivity contribution in [3.63, 3.8) is 0 Å². The van der Waals surface area contributed by atoms with Gasteiger partial charge in [-0.05, 0) is 34.1 Å². The fourth-order valence-electron chi connectivity index (χ4n) is 1.96. The van der Waals surface area contributed by atoms with E-state index in [4.69, 9.17) is 0 Å². The summed E-state index contributed by atoms with van der Waals surface area (Å²) < 4.78 is 0. The highest BCUT2D eigenvalue weighted by Crippen LogP contribution is 2.09. The molecule has 0 unspecified atom stereocenters. The highest BCUT2D eigenvalue weighted by molar-refractivity contribution is 5.77. The number of imidazole rings is 1. The molecule has 4 nitrogen and oxygen atoms in total. The van der Waals surface area contributed by atoms with Crippen LogP contribution in [0.1, 0.15) is 39.8 Å². The first-order chi connectivity index (χ1) is 7.52. The molecule has 0 saturated carbocycles. The fourth-order valence-corrected chi connectivity index (χ4v) is 1.96. The molecule has 1 N–H and O–H groups in total. The minimum absolute atomic E-state index is 0.208. The van der Waals surface area contributed by atoms with E-state index < -0.39 is 0 Å². The number of amides is 1. The maximum absolute atomic E-state index is 12.0. The van der Waals surface area contributed by atoms with Gasteiger partial charge in [-0.3, -0.25) is 4.79 Å². The van der Waals surface area contributed by atoms with Crippen LogP contribution in [0.3, 0.4) is 0 Å². The Kier molecular flexibility index (Phi) is 4.52. The third-order valence-electron chi connectivity index (χ3n) is 2.56. The zero-order valence-electron chi connectivity index (χ0n) is 10.5. The van der Waals surface area contributed by atoms with Gasteiger partial charge in [0.15, 0.2) is 0 Å². The van der Waals surface area contributed by atoms with Crippen molar-refractivity contribution in [2.75, 3.05) is 0 Å². The minimum Gasteiger partial charge on any atom is -0.348 e. The zero-order chi connectivity index (χ0) is 12.1. The highest BCUT2D eigenvalue weighted by Gasteiger charge is 2.19. The number of H-pyrrole nitrogens is 1. The van der Waals surface area contributed by atoms with Crippen LogP contribution < -0.4 is 0 Å². The molecular weight excluding hydrogens is 202 g/mol. The molecule has 16 heavy (non-hydrogen) atoms. The van der Waals surface area contributed by atoms with Gasteiger partial charge in [0.05, 0.1) is 6.33 Å². The Bertz CT molecular complexity index is 309. The molecule has 0 aliphatic carbocycles. The van der Waals surface area contributed by atoms with Crippen LogP contribution in [0.5, 0.6) is 0 Å². The third kappa shape index (κ3) is 3.36. The summed E-state index contributed by atoms with van der Waals surface area (Å²) in [7, 11) is 0. The lowest BCUT2D eigenvalue weighted by atomic mass is 10.1. The van der Waals surface area contributed by atoms with Gasteiger partial charge in [-0.2, -0.15) is 0 Å². The van der Waals surface area contributed by atoms with Crippen LogP contribution in [0.15, 0.2) is 12.5 Å². The molecular formula is C12H21N3O. The lowest BCUT2D eigenvalue weighted by Crippen LogP contribution is -2.42. The molecule has 0 aliphatic heterocycles. The number of hydrogen-bond acceptors (Lipinski definition) is 2. The number of rotatable bonds is 5. The third-order valence-corrected chi connectivity index (χ3v) is 2.56. The zero-order valence-corrected chi connectivity index (χ0v) is 10.5. The van der Waals surface area contributed by atoms with Crippen molar-refractivity contribution in [3.8, 4) is 0 Å². The van der Waals surface area contributed by atoms with E-state index in [1.165, 1.54) is 0 Å². The molecule has 0 bridgehead atoms. The standard InChI is InChI=1S/C12H21N3O/c1-9(2)15(10(3)4)12(16)6-5-11-7-13-8-14-11/h7-10H,5-6H2,1-4H3,(H,13,14). The molecule has 1 aromatic heterocycles. The van der Waals surface area contributed by atoms with E-state index in [0.29, 0.717) is 6.42 Å². The SMILES string of the molecule is CC(C)N(C(=O)CCc1cnc[nH]1)C(C)C. The van der Waals surface area contributed by atoms with Gasteiger partial charge < -0.3 is 9.88 Å². The number of aryl methyl sites for hydroxylation is 1. The van der Waals surface area contributed by atoms with E-state index in [-0.39, 0.29) is 18.0 Å². The summed E-state index contributed by atoms with van der Waals surface area (Å²) >= 11 is 0. The van der Waals surface area contributed by atoms with Gasteiger partial charge in [-0.25, -0.2) is 4.98 Å². The van der Waals surface area contributed by atoms with Crippen LogP contribution in [-0.2, 0) is 11.2 Å². The molecule has 0 aromatic carbocycles. The number of aromatic amines is 1. The van der Waals surface area contributed by atoms with Crippen LogP contribution in [0.25, 0.3) is 0 Å². The molecule has 1 rings (SSSR count). The van der Waals surface area contributed by atoms with Gasteiger partial charge in [0.25, 0.3) is 0 Å². The van der Waals surface area contributed by atoms with Crippen molar-refractivity contribution < 1.29 is 4.79 Å². The van der Waals surface area contributed by atoms with Gasteiger partial charge in [-0.1, -0.05) is 0 Å². The van der Waals surface area contributed by atoms with Crippen LogP contribution in [0, 0.1) is 0 Å². The van der Waals surface area contributed by atoms with E-state index in [1.54, 1.807) is 12.5 Å². The van der Waals surface area contributed by atoms with Gasteiger partial charge >= 0.3 is 0 Å². The number of carbonyl (C=O) groups excluding carboxylic acids is 1. The summed E-state index contributed by atoms with van der Waals surface area (Å²) in [6.07, 6.45) is 4.68. The first-order valence-corrected chi connectivity index (χ1v) is 5.80. The first-order valence-electron chi connectivity index (χ1n) is 5.80. The molecule has 1 amide bonds. The minimum atomic E-state index is 0.208. The van der Waals surface area contributed by atoms with E-state index in [0.717, 1.165) is 12.1 Å². The van der Waals surface area contributed by atoms with Crippen molar-refractivity contribution in [1.29, 1.82) is 0 Å². The second kappa shape index (κ2) is 5.68. The second-order valence-corrected chi connectivity index (χ2v) is 4.57. The summed E-state index contributed by atoms with van der Waals surface area (Å²) in [5, 5.41) is 0. The highest BCUT2D eigenvalue weighted by atomic mass is 16.2. The van der Waals surface area contributed by atoms with Gasteiger partial charge in [0, 0.05) is 30.4 Å². The monoisotopic (exact) mass is 223 g/mol. The molecule has 90 valence electrons. The summed E-state index contributed by atoms with van der Waals surface area (Å²) in [5.74, 6) is 0.208. The van der Waals surface area contributed by atoms with Crippen molar-refractivity contribution in [1.82, 2.24) is 14.9 Å². The summed E-state index contributed by atoms with van der Waals surface area (Å²) in [6, 6.07) is 0.517. The summed E-state index contributed by atoms with van der Waals surface area (Å²) in [5.41, 5.74) is 1.01. The average molecular weight is 223 g/mol. The topological polar surface area (TPSA) is 49.0 Å². The quantitative estimate of drug-likeness (QED) is 0.830. The van der Waals surface area contributed by atoms with Crippen LogP contribution in [0.2, 0.25) is 0 Å². The van der Waals surface area contributed by atoms with Crippen molar-refractivity contribution >= 4 is 5.91 Å². The van der Waals surface area contributed by atoms with Crippen molar-refractivity contribution in [2.45, 2.75) is 52.6 Å². The molecule has 1 heterocycles. The normalized spacial score (nSPS) is 11.1. The van der Waals surface area contributed by atoms with E-state index >= 15 is 0 Å². The molecule has 4 heteroatoms. The number of hydrogen-bond donors (Lipinski definition) is 1. The smallest absolute Gasteiger partial charge is 0.223 e. The molecule has 1 aromatic rings. The average Bonchev–Trinajstić information content (AvgIpc) is 2.65. The van der Waals surface area contributed by atoms with Gasteiger partial charge in [0.1, 0.15) is 0 Å². The van der Waals surface area contributed by atoms with Crippen molar-refractivity contribution in [2.24, 2.45) is 0 Å². The summed E-state index contributed by atoms with van der Waals surface area (Å²) in [6.45, 7) is 8.20. The van der Waals surface area contributed by atoms with E-state index in [1.807, 2.05) is 32.6 Å². The fraction of sp³-hybridized carbons (Fsp3) is 0.667. The predicted octanol–water partition coefficient (Wildman–Crippen LogP) is 1.99. The van der Waals surface area contributed by atoms with Crippen LogP contribution in [-0.4, -0.2) is 32.9 Å². The molecule has 0 radical (unpaired) electrons. The Hall–Kier alpha value is -1.32. The van der Waals surface area contributed by atoms with Gasteiger partial charge in [0.2, 0.25) is 5.91 Å². The Morgan fingerprint density at radius 2 is 2.00 bits per heavy atom. The first kappa shape index (κ1) is 12.7. The van der Waals surface area contributed by atoms with Gasteiger partial charge in [-0.15, -0.1) is 0 Å². The van der Waals surface area contributed by atoms with Crippen LogP contribution >= 0.6 is 0 Å². The number of nitrogens with zero attached hydrogens (tertiary/aromatic N) is 2. The Morgan fingerprint density at radius 3 is 2.44 bits per heavy atom. The predicted molar refractivity (Wildman–Crippen MR) is 64.0 cm³/mol. The maximum Gasteiger partial charge on any atom is 0.223 e. The lowest BCUT2D eigenvalue weighted by molar-refractivity contribution is -0.134. The number of nitrogens with one attached hydrogen (secondary N) is 1. The maximum atomic E-state index is 12.0. The lowest BCUT2D eigenvalue weighted by Gasteiger charge is -2.30. The van der Waals surface area contributed by atoms with E-state index in [2.05, 4.69) is 9.97 Å². The van der Waals surface area contributed by atoms with E-state index in [9.17, 15) is 4.79 Å². The number of carbonyl (C=O) groups is 1. The molecule has 0 atom stereocenters. The molecule has 0 aliphatic rings. The Morgan fingerprint density at radius 1 is 1.38 bits per heavy atom. The van der Waals surface area contributed by atoms with Crippen molar-refractivity contribution in [3.05, 3.63) is 18.2 Å². The van der Waals surface area contributed by atoms with Crippen LogP contribution in [0.4, 0.5) is 0 Å². The number of aromatic nitrogens is 2. The second-order valence-electron chi connectivity index (χ2n) is 4.57. The molecule has 0 fully saturated rings. The Labute approximate surface area is 97.1 Å². The molecule has 0 spiro atoms. The Balaban J connectivity index is 2.50.